The fraction of sp³-hybridized carbons (Fsp3) is 0.692. The van der Waals surface area contributed by atoms with Gasteiger partial charge in [-0.3, -0.25) is 0 Å². The molecule has 1 aliphatic rings. The maximum atomic E-state index is 12.1. The number of sulfonamides is 1. The molecule has 1 atom stereocenters. The lowest BCUT2D eigenvalue weighted by Crippen LogP contribution is -2.43. The Kier molecular flexibility index (Phi) is 4.72. The molecular formula is C13H21N3O3S. The van der Waals surface area contributed by atoms with Gasteiger partial charge in [0.1, 0.15) is 11.9 Å². The first kappa shape index (κ1) is 15.3. The quantitative estimate of drug-likeness (QED) is 0.835. The molecule has 0 aromatic carbocycles. The minimum Gasteiger partial charge on any atom is -0.369 e. The van der Waals surface area contributed by atoms with Crippen molar-refractivity contribution in [2.75, 3.05) is 25.4 Å². The topological polar surface area (TPSA) is 72.4 Å². The molecule has 7 heteroatoms. The third-order valence-corrected chi connectivity index (χ3v) is 5.24. The van der Waals surface area contributed by atoms with Crippen molar-refractivity contribution in [2.24, 2.45) is 0 Å². The summed E-state index contributed by atoms with van der Waals surface area (Å²) >= 11 is 0. The summed E-state index contributed by atoms with van der Waals surface area (Å²) in [7, 11) is -3.18. The summed E-state index contributed by atoms with van der Waals surface area (Å²) in [4.78, 5) is 8.59. The maximum absolute atomic E-state index is 12.1. The van der Waals surface area contributed by atoms with Crippen LogP contribution in [0.15, 0.2) is 6.07 Å². The molecule has 0 spiro atoms. The van der Waals surface area contributed by atoms with Crippen molar-refractivity contribution in [3.8, 4) is 0 Å². The summed E-state index contributed by atoms with van der Waals surface area (Å²) in [6.45, 7) is 6.74. The number of rotatable bonds is 4. The van der Waals surface area contributed by atoms with Crippen molar-refractivity contribution < 1.29 is 13.2 Å². The largest absolute Gasteiger partial charge is 0.369 e. The van der Waals surface area contributed by atoms with Gasteiger partial charge in [0.2, 0.25) is 10.0 Å². The van der Waals surface area contributed by atoms with Gasteiger partial charge in [-0.2, -0.15) is 4.31 Å². The first-order valence-electron chi connectivity index (χ1n) is 6.84. The summed E-state index contributed by atoms with van der Waals surface area (Å²) in [6.07, 6.45) is 0.312. The molecule has 0 aliphatic carbocycles. The van der Waals surface area contributed by atoms with E-state index in [1.54, 1.807) is 0 Å². The second kappa shape index (κ2) is 6.15. The molecular weight excluding hydrogens is 278 g/mol. The average molecular weight is 299 g/mol. The molecule has 0 radical (unpaired) electrons. The fourth-order valence-corrected chi connectivity index (χ4v) is 3.84. The van der Waals surface area contributed by atoms with Crippen molar-refractivity contribution in [3.63, 3.8) is 0 Å². The molecule has 20 heavy (non-hydrogen) atoms. The fourth-order valence-electron chi connectivity index (χ4n) is 2.35. The first-order chi connectivity index (χ1) is 9.42. The van der Waals surface area contributed by atoms with Crippen LogP contribution in [-0.2, 0) is 14.8 Å². The Morgan fingerprint density at radius 3 is 2.80 bits per heavy atom. The molecule has 1 aromatic rings. The van der Waals surface area contributed by atoms with Gasteiger partial charge >= 0.3 is 0 Å². The standard InChI is InChI=1S/C13H21N3O3S/c1-4-7-20(17,18)16-5-6-19-13(9-16)12-8-10(2)14-11(3)15-12/h8,13H,4-7,9H2,1-3H3/t13-/m1/s1. The summed E-state index contributed by atoms with van der Waals surface area (Å²) in [5, 5.41) is 0. The Hall–Kier alpha value is -1.05. The van der Waals surface area contributed by atoms with E-state index in [4.69, 9.17) is 4.74 Å². The minimum atomic E-state index is -3.18. The van der Waals surface area contributed by atoms with Gasteiger partial charge in [-0.25, -0.2) is 18.4 Å². The highest BCUT2D eigenvalue weighted by molar-refractivity contribution is 7.89. The zero-order valence-electron chi connectivity index (χ0n) is 12.2. The van der Waals surface area contributed by atoms with Gasteiger partial charge in [-0.05, 0) is 26.3 Å². The van der Waals surface area contributed by atoms with E-state index in [2.05, 4.69) is 9.97 Å². The van der Waals surface area contributed by atoms with E-state index in [1.165, 1.54) is 4.31 Å². The van der Waals surface area contributed by atoms with E-state index in [-0.39, 0.29) is 11.9 Å². The average Bonchev–Trinajstić information content (AvgIpc) is 2.38. The van der Waals surface area contributed by atoms with Crippen LogP contribution >= 0.6 is 0 Å². The number of aromatic nitrogens is 2. The highest BCUT2D eigenvalue weighted by Gasteiger charge is 2.30. The Labute approximate surface area is 120 Å². The molecule has 0 bridgehead atoms. The van der Waals surface area contributed by atoms with E-state index in [9.17, 15) is 8.42 Å². The lowest BCUT2D eigenvalue weighted by molar-refractivity contribution is -0.00511. The molecule has 1 fully saturated rings. The smallest absolute Gasteiger partial charge is 0.214 e. The summed E-state index contributed by atoms with van der Waals surface area (Å²) in [6, 6.07) is 1.85. The van der Waals surface area contributed by atoms with Crippen LogP contribution in [0.3, 0.4) is 0 Å². The van der Waals surface area contributed by atoms with E-state index in [0.717, 1.165) is 11.4 Å². The number of morpholine rings is 1. The number of nitrogens with zero attached hydrogens (tertiary/aromatic N) is 3. The normalized spacial score (nSPS) is 21.1. The summed E-state index contributed by atoms with van der Waals surface area (Å²) < 4.78 is 31.5. The van der Waals surface area contributed by atoms with Crippen molar-refractivity contribution in [1.29, 1.82) is 0 Å². The second-order valence-electron chi connectivity index (χ2n) is 5.01. The lowest BCUT2D eigenvalue weighted by atomic mass is 10.2. The third-order valence-electron chi connectivity index (χ3n) is 3.20. The van der Waals surface area contributed by atoms with Gasteiger partial charge in [0.05, 0.1) is 18.1 Å². The zero-order valence-corrected chi connectivity index (χ0v) is 13.0. The van der Waals surface area contributed by atoms with Gasteiger partial charge in [0.25, 0.3) is 0 Å². The summed E-state index contributed by atoms with van der Waals surface area (Å²) in [5.41, 5.74) is 1.62. The van der Waals surface area contributed by atoms with E-state index < -0.39 is 10.0 Å². The highest BCUT2D eigenvalue weighted by Crippen LogP contribution is 2.23. The molecule has 0 unspecified atom stereocenters. The number of ether oxygens (including phenoxy) is 1. The predicted octanol–water partition coefficient (Wildman–Crippen LogP) is 1.21. The van der Waals surface area contributed by atoms with Crippen LogP contribution in [0.1, 0.15) is 36.7 Å². The van der Waals surface area contributed by atoms with Gasteiger partial charge in [-0.15, -0.1) is 0 Å². The maximum Gasteiger partial charge on any atom is 0.214 e. The van der Waals surface area contributed by atoms with Gasteiger partial charge in [0, 0.05) is 18.8 Å². The molecule has 112 valence electrons. The number of hydrogen-bond donors (Lipinski definition) is 0. The molecule has 2 heterocycles. The van der Waals surface area contributed by atoms with E-state index in [0.29, 0.717) is 31.9 Å². The highest BCUT2D eigenvalue weighted by atomic mass is 32.2. The number of hydrogen-bond acceptors (Lipinski definition) is 5. The van der Waals surface area contributed by atoms with Crippen molar-refractivity contribution in [2.45, 2.75) is 33.3 Å². The van der Waals surface area contributed by atoms with Crippen LogP contribution in [0.5, 0.6) is 0 Å². The van der Waals surface area contributed by atoms with Crippen LogP contribution in [-0.4, -0.2) is 48.1 Å². The molecule has 1 saturated heterocycles. The van der Waals surface area contributed by atoms with Crippen LogP contribution in [0.25, 0.3) is 0 Å². The van der Waals surface area contributed by atoms with Crippen molar-refractivity contribution in [3.05, 3.63) is 23.3 Å². The Bertz CT molecular complexity index is 554. The SMILES string of the molecule is CCCS(=O)(=O)N1CCO[C@@H](c2cc(C)nc(C)n2)C1. The van der Waals surface area contributed by atoms with Crippen LogP contribution in [0.4, 0.5) is 0 Å². The number of aryl methyl sites for hydroxylation is 2. The minimum absolute atomic E-state index is 0.182. The third kappa shape index (κ3) is 3.53. The van der Waals surface area contributed by atoms with Gasteiger partial charge in [0.15, 0.2) is 0 Å². The molecule has 0 N–H and O–H groups in total. The van der Waals surface area contributed by atoms with Crippen LogP contribution in [0.2, 0.25) is 0 Å². The lowest BCUT2D eigenvalue weighted by Gasteiger charge is -2.31. The molecule has 1 aliphatic heterocycles. The molecule has 2 rings (SSSR count). The molecule has 0 saturated carbocycles. The second-order valence-corrected chi connectivity index (χ2v) is 7.10. The van der Waals surface area contributed by atoms with Crippen LogP contribution < -0.4 is 0 Å². The van der Waals surface area contributed by atoms with Gasteiger partial charge in [-0.1, -0.05) is 6.92 Å². The van der Waals surface area contributed by atoms with Gasteiger partial charge < -0.3 is 4.74 Å². The Morgan fingerprint density at radius 1 is 1.40 bits per heavy atom. The predicted molar refractivity (Wildman–Crippen MR) is 75.8 cm³/mol. The van der Waals surface area contributed by atoms with E-state index in [1.807, 2.05) is 26.8 Å². The molecule has 6 nitrogen and oxygen atoms in total. The Balaban J connectivity index is 2.18. The monoisotopic (exact) mass is 299 g/mol. The Morgan fingerprint density at radius 2 is 2.15 bits per heavy atom. The van der Waals surface area contributed by atoms with Crippen molar-refractivity contribution >= 4 is 10.0 Å². The first-order valence-corrected chi connectivity index (χ1v) is 8.45. The van der Waals surface area contributed by atoms with E-state index >= 15 is 0 Å². The molecule has 0 amide bonds. The van der Waals surface area contributed by atoms with Crippen molar-refractivity contribution in [1.82, 2.24) is 14.3 Å². The van der Waals surface area contributed by atoms with Crippen LogP contribution in [0, 0.1) is 13.8 Å². The molecule has 1 aromatic heterocycles. The zero-order chi connectivity index (χ0) is 14.8. The summed E-state index contributed by atoms with van der Waals surface area (Å²) in [5.74, 6) is 0.860.